The molecule has 0 aliphatic carbocycles. The number of hydrogen-bond acceptors (Lipinski definition) is 4. The molecule has 0 aliphatic heterocycles. The van der Waals surface area contributed by atoms with Crippen molar-refractivity contribution in [1.29, 1.82) is 0 Å². The van der Waals surface area contributed by atoms with Gasteiger partial charge in [-0.3, -0.25) is 0 Å². The lowest BCUT2D eigenvalue weighted by Crippen LogP contribution is -2.47. The molecule has 0 aliphatic rings. The fourth-order valence-corrected chi connectivity index (χ4v) is 2.39. The largest absolute Gasteiger partial charge is 0.444 e. The number of amides is 1. The van der Waals surface area contributed by atoms with Gasteiger partial charge in [0.05, 0.1) is 0 Å². The number of nitrogens with one attached hydrogen (secondary N) is 2. The molecule has 0 bridgehead atoms. The molecule has 0 saturated carbocycles. The van der Waals surface area contributed by atoms with Gasteiger partial charge in [0.15, 0.2) is 0 Å². The zero-order valence-electron chi connectivity index (χ0n) is 16.0. The minimum atomic E-state index is -0.479. The quantitative estimate of drug-likeness (QED) is 0.542. The average molecular weight is 331 g/mol. The number of rotatable bonds is 11. The Labute approximate surface area is 142 Å². The first-order chi connectivity index (χ1) is 10.7. The van der Waals surface area contributed by atoms with Crippen LogP contribution in [-0.4, -0.2) is 42.5 Å². The van der Waals surface area contributed by atoms with Crippen molar-refractivity contribution in [2.75, 3.05) is 19.7 Å². The minimum absolute atomic E-state index is 0.0730. The molecule has 1 unspecified atom stereocenters. The summed E-state index contributed by atoms with van der Waals surface area (Å²) in [6.45, 7) is 13.5. The van der Waals surface area contributed by atoms with Gasteiger partial charge in [-0.15, -0.1) is 0 Å². The van der Waals surface area contributed by atoms with E-state index in [0.717, 1.165) is 38.6 Å². The second-order valence-electron chi connectivity index (χ2n) is 7.47. The van der Waals surface area contributed by atoms with Crippen LogP contribution < -0.4 is 10.6 Å². The Morgan fingerprint density at radius 2 is 1.78 bits per heavy atom. The molecule has 0 radical (unpaired) electrons. The van der Waals surface area contributed by atoms with Crippen molar-refractivity contribution < 1.29 is 14.6 Å². The minimum Gasteiger partial charge on any atom is -0.444 e. The van der Waals surface area contributed by atoms with Crippen LogP contribution in [0.25, 0.3) is 0 Å². The number of aliphatic hydroxyl groups is 1. The maximum Gasteiger partial charge on any atom is 0.407 e. The first-order valence-corrected chi connectivity index (χ1v) is 9.03. The number of ether oxygens (including phenoxy) is 1. The summed E-state index contributed by atoms with van der Waals surface area (Å²) in [5.41, 5.74) is -0.552. The first kappa shape index (κ1) is 22.2. The summed E-state index contributed by atoms with van der Waals surface area (Å²) in [5, 5.41) is 16.1. The molecule has 0 aromatic rings. The summed E-state index contributed by atoms with van der Waals surface area (Å²) in [7, 11) is 0. The van der Waals surface area contributed by atoms with Crippen LogP contribution >= 0.6 is 0 Å². The molecule has 3 N–H and O–H groups in total. The average Bonchev–Trinajstić information content (AvgIpc) is 2.49. The molecule has 5 nitrogen and oxygen atoms in total. The van der Waals surface area contributed by atoms with Crippen molar-refractivity contribution in [3.63, 3.8) is 0 Å². The summed E-state index contributed by atoms with van der Waals surface area (Å²) in [6, 6.07) is 0.200. The van der Waals surface area contributed by atoms with E-state index in [1.54, 1.807) is 0 Å². The van der Waals surface area contributed by atoms with Crippen molar-refractivity contribution in [2.45, 2.75) is 85.3 Å². The topological polar surface area (TPSA) is 70.6 Å². The van der Waals surface area contributed by atoms with Gasteiger partial charge < -0.3 is 20.5 Å². The van der Waals surface area contributed by atoms with Gasteiger partial charge in [-0.2, -0.15) is 0 Å². The fourth-order valence-electron chi connectivity index (χ4n) is 2.39. The van der Waals surface area contributed by atoms with E-state index in [1.165, 1.54) is 0 Å². The van der Waals surface area contributed by atoms with Gasteiger partial charge in [-0.25, -0.2) is 4.79 Å². The number of unbranched alkanes of at least 4 members (excludes halogenated alkanes) is 1. The molecule has 1 amide bonds. The molecule has 1 atom stereocenters. The molecule has 0 rings (SSSR count). The van der Waals surface area contributed by atoms with E-state index >= 15 is 0 Å². The summed E-state index contributed by atoms with van der Waals surface area (Å²) in [6.07, 6.45) is 4.73. The van der Waals surface area contributed by atoms with Gasteiger partial charge in [0.25, 0.3) is 0 Å². The molecule has 0 aromatic carbocycles. The van der Waals surface area contributed by atoms with E-state index < -0.39 is 5.60 Å². The van der Waals surface area contributed by atoms with Crippen molar-refractivity contribution in [1.82, 2.24) is 10.6 Å². The molecule has 0 saturated heterocycles. The smallest absolute Gasteiger partial charge is 0.407 e. The first-order valence-electron chi connectivity index (χ1n) is 9.03. The number of hydrogen-bond donors (Lipinski definition) is 3. The SMILES string of the molecule is CCCCC(CNC(=O)OC(C)(C)C)NCC(CC)(CC)CO. The van der Waals surface area contributed by atoms with Crippen LogP contribution in [0.15, 0.2) is 0 Å². The molecule has 0 aromatic heterocycles. The van der Waals surface area contributed by atoms with Crippen LogP contribution in [0.5, 0.6) is 0 Å². The predicted octanol–water partition coefficient (Wildman–Crippen LogP) is 3.46. The standard InChI is InChI=1S/C18H38N2O3/c1-7-10-11-15(12-19-16(22)23-17(4,5)6)20-13-18(8-2,9-3)14-21/h15,20-21H,7-14H2,1-6H3,(H,19,22). The van der Waals surface area contributed by atoms with E-state index in [2.05, 4.69) is 31.4 Å². The third-order valence-electron chi connectivity index (χ3n) is 4.40. The van der Waals surface area contributed by atoms with Crippen LogP contribution in [0.4, 0.5) is 4.79 Å². The summed E-state index contributed by atoms with van der Waals surface area (Å²) >= 11 is 0. The lowest BCUT2D eigenvalue weighted by Gasteiger charge is -2.32. The molecular formula is C18H38N2O3. The van der Waals surface area contributed by atoms with Gasteiger partial charge in [-0.05, 0) is 40.0 Å². The van der Waals surface area contributed by atoms with Gasteiger partial charge >= 0.3 is 6.09 Å². The molecular weight excluding hydrogens is 292 g/mol. The van der Waals surface area contributed by atoms with Gasteiger partial charge in [0, 0.05) is 31.2 Å². The van der Waals surface area contributed by atoms with E-state index in [0.29, 0.717) is 6.54 Å². The monoisotopic (exact) mass is 330 g/mol. The highest BCUT2D eigenvalue weighted by molar-refractivity contribution is 5.67. The van der Waals surface area contributed by atoms with Crippen molar-refractivity contribution in [2.24, 2.45) is 5.41 Å². The predicted molar refractivity (Wildman–Crippen MR) is 95.7 cm³/mol. The molecule has 138 valence electrons. The zero-order valence-corrected chi connectivity index (χ0v) is 16.0. The van der Waals surface area contributed by atoms with E-state index in [1.807, 2.05) is 20.8 Å². The summed E-state index contributed by atoms with van der Waals surface area (Å²) in [4.78, 5) is 11.8. The van der Waals surface area contributed by atoms with Crippen LogP contribution in [0.1, 0.15) is 73.6 Å². The Balaban J connectivity index is 4.49. The van der Waals surface area contributed by atoms with Crippen LogP contribution in [-0.2, 0) is 4.74 Å². The molecule has 0 spiro atoms. The third-order valence-corrected chi connectivity index (χ3v) is 4.40. The Bertz CT molecular complexity index is 314. The Kier molecular flexibility index (Phi) is 10.5. The number of carbonyl (C=O) groups is 1. The van der Waals surface area contributed by atoms with Crippen LogP contribution in [0.3, 0.4) is 0 Å². The maximum absolute atomic E-state index is 11.8. The third kappa shape index (κ3) is 9.82. The van der Waals surface area contributed by atoms with Gasteiger partial charge in [0.2, 0.25) is 0 Å². The second kappa shape index (κ2) is 10.9. The Morgan fingerprint density at radius 1 is 1.17 bits per heavy atom. The van der Waals surface area contributed by atoms with E-state index in [-0.39, 0.29) is 24.2 Å². The normalized spacial score (nSPS) is 13.7. The summed E-state index contributed by atoms with van der Waals surface area (Å²) < 4.78 is 5.28. The number of carbonyl (C=O) groups excluding carboxylic acids is 1. The lowest BCUT2D eigenvalue weighted by atomic mass is 9.83. The highest BCUT2D eigenvalue weighted by Gasteiger charge is 2.26. The van der Waals surface area contributed by atoms with Gasteiger partial charge in [0.1, 0.15) is 5.60 Å². The molecule has 5 heteroatoms. The van der Waals surface area contributed by atoms with Crippen LogP contribution in [0, 0.1) is 5.41 Å². The highest BCUT2D eigenvalue weighted by Crippen LogP contribution is 2.24. The fraction of sp³-hybridized carbons (Fsp3) is 0.944. The summed E-state index contributed by atoms with van der Waals surface area (Å²) in [5.74, 6) is 0. The molecule has 0 heterocycles. The highest BCUT2D eigenvalue weighted by atomic mass is 16.6. The van der Waals surface area contributed by atoms with Crippen molar-refractivity contribution in [3.05, 3.63) is 0 Å². The lowest BCUT2D eigenvalue weighted by molar-refractivity contribution is 0.0518. The van der Waals surface area contributed by atoms with Gasteiger partial charge in [-0.1, -0.05) is 33.6 Å². The Morgan fingerprint density at radius 3 is 2.22 bits per heavy atom. The Hall–Kier alpha value is -0.810. The number of aliphatic hydroxyl groups excluding tert-OH is 1. The van der Waals surface area contributed by atoms with E-state index in [4.69, 9.17) is 4.74 Å². The van der Waals surface area contributed by atoms with Crippen LogP contribution in [0.2, 0.25) is 0 Å². The maximum atomic E-state index is 11.8. The molecule has 23 heavy (non-hydrogen) atoms. The van der Waals surface area contributed by atoms with Crippen molar-refractivity contribution >= 4 is 6.09 Å². The van der Waals surface area contributed by atoms with E-state index in [9.17, 15) is 9.90 Å². The zero-order chi connectivity index (χ0) is 17.9. The van der Waals surface area contributed by atoms with Crippen molar-refractivity contribution in [3.8, 4) is 0 Å². The second-order valence-corrected chi connectivity index (χ2v) is 7.47. The number of alkyl carbamates (subject to hydrolysis) is 1. The molecule has 0 fully saturated rings.